The molecule has 3 rings (SSSR count). The van der Waals surface area contributed by atoms with Crippen molar-refractivity contribution >= 4 is 43.8 Å². The van der Waals surface area contributed by atoms with Gasteiger partial charge in [-0.15, -0.1) is 0 Å². The maximum absolute atomic E-state index is 13.7. The molecule has 0 aromatic heterocycles. The summed E-state index contributed by atoms with van der Waals surface area (Å²) in [6.45, 7) is 3.24. The number of anilines is 1. The summed E-state index contributed by atoms with van der Waals surface area (Å²) >= 11 is 3.41. The van der Waals surface area contributed by atoms with Crippen LogP contribution in [-0.4, -0.2) is 41.3 Å². The summed E-state index contributed by atoms with van der Waals surface area (Å²) in [7, 11) is -1.26. The normalized spacial score (nSPS) is 11.3. The molecule has 3 aromatic rings. The number of nitrogens with one attached hydrogen (secondary N) is 1. The van der Waals surface area contributed by atoms with Gasteiger partial charge in [0.05, 0.1) is 31.0 Å². The molecule has 0 atom stereocenters. The molecule has 1 amide bonds. The molecule has 8 nitrogen and oxygen atoms in total. The van der Waals surface area contributed by atoms with Crippen LogP contribution in [0.4, 0.5) is 5.69 Å². The molecule has 0 spiro atoms. The molecule has 3 aromatic carbocycles. The highest BCUT2D eigenvalue weighted by molar-refractivity contribution is 9.10. The lowest BCUT2D eigenvalue weighted by molar-refractivity contribution is -0.119. The van der Waals surface area contributed by atoms with Gasteiger partial charge in [-0.2, -0.15) is 5.10 Å². The average Bonchev–Trinajstić information content (AvgIpc) is 2.82. The zero-order valence-corrected chi connectivity index (χ0v) is 22.2. The predicted molar refractivity (Wildman–Crippen MR) is 140 cm³/mol. The van der Waals surface area contributed by atoms with Crippen molar-refractivity contribution in [1.82, 2.24) is 5.43 Å². The van der Waals surface area contributed by atoms with Gasteiger partial charge in [0.1, 0.15) is 6.54 Å². The molecule has 1 N–H and O–H groups in total. The second-order valence-electron chi connectivity index (χ2n) is 7.69. The first-order chi connectivity index (χ1) is 16.6. The molecule has 0 unspecified atom stereocenters. The SMILES string of the molecule is COc1ccc(S(=O)(=O)N(CC(=O)N/N=C\c2ccccc2Br)c2cc(C)cc(C)c2)cc1OC. The van der Waals surface area contributed by atoms with Gasteiger partial charge in [0, 0.05) is 16.1 Å². The first-order valence-corrected chi connectivity index (χ1v) is 12.8. The molecule has 0 aliphatic carbocycles. The van der Waals surface area contributed by atoms with Gasteiger partial charge in [-0.1, -0.05) is 40.2 Å². The molecule has 0 aliphatic heterocycles. The Morgan fingerprint density at radius 2 is 1.66 bits per heavy atom. The minimum Gasteiger partial charge on any atom is -0.493 e. The molecule has 184 valence electrons. The number of hydrazone groups is 1. The lowest BCUT2D eigenvalue weighted by Crippen LogP contribution is -2.39. The summed E-state index contributed by atoms with van der Waals surface area (Å²) in [5.41, 5.74) is 5.26. The first kappa shape index (κ1) is 26.2. The Morgan fingerprint density at radius 3 is 2.29 bits per heavy atom. The minimum absolute atomic E-state index is 0.0428. The van der Waals surface area contributed by atoms with E-state index in [9.17, 15) is 13.2 Å². The van der Waals surface area contributed by atoms with Crippen molar-refractivity contribution in [1.29, 1.82) is 0 Å². The van der Waals surface area contributed by atoms with Crippen LogP contribution in [0.1, 0.15) is 16.7 Å². The number of amides is 1. The summed E-state index contributed by atoms with van der Waals surface area (Å²) in [6.07, 6.45) is 1.48. The van der Waals surface area contributed by atoms with Gasteiger partial charge in [-0.3, -0.25) is 9.10 Å². The van der Waals surface area contributed by atoms with Crippen LogP contribution in [0.25, 0.3) is 0 Å². The van der Waals surface area contributed by atoms with E-state index in [-0.39, 0.29) is 10.6 Å². The van der Waals surface area contributed by atoms with Crippen LogP contribution < -0.4 is 19.2 Å². The molecule has 0 heterocycles. The number of aryl methyl sites for hydroxylation is 2. The predicted octanol–water partition coefficient (Wildman–Crippen LogP) is 4.43. The number of rotatable bonds is 9. The van der Waals surface area contributed by atoms with E-state index in [0.29, 0.717) is 11.4 Å². The molecule has 35 heavy (non-hydrogen) atoms. The number of carbonyl (C=O) groups excluding carboxylic acids is 1. The second-order valence-corrected chi connectivity index (χ2v) is 10.4. The summed E-state index contributed by atoms with van der Waals surface area (Å²) in [4.78, 5) is 12.7. The third kappa shape index (κ3) is 6.40. The first-order valence-electron chi connectivity index (χ1n) is 10.5. The van der Waals surface area contributed by atoms with Crippen molar-refractivity contribution in [3.63, 3.8) is 0 Å². The Bertz CT molecular complexity index is 1340. The van der Waals surface area contributed by atoms with E-state index in [1.165, 1.54) is 38.6 Å². The Labute approximate surface area is 213 Å². The van der Waals surface area contributed by atoms with Gasteiger partial charge < -0.3 is 9.47 Å². The minimum atomic E-state index is -4.15. The lowest BCUT2D eigenvalue weighted by Gasteiger charge is -2.25. The van der Waals surface area contributed by atoms with Gasteiger partial charge in [0.2, 0.25) is 0 Å². The molecule has 0 fully saturated rings. The van der Waals surface area contributed by atoms with E-state index in [1.54, 1.807) is 12.1 Å². The number of hydrogen-bond donors (Lipinski definition) is 1. The van der Waals surface area contributed by atoms with E-state index in [2.05, 4.69) is 26.5 Å². The van der Waals surface area contributed by atoms with Crippen LogP contribution in [0.2, 0.25) is 0 Å². The fourth-order valence-electron chi connectivity index (χ4n) is 3.43. The average molecular weight is 560 g/mol. The van der Waals surface area contributed by atoms with Gasteiger partial charge in [-0.05, 0) is 55.3 Å². The summed E-state index contributed by atoms with van der Waals surface area (Å²) < 4.78 is 39.8. The lowest BCUT2D eigenvalue weighted by atomic mass is 10.1. The van der Waals surface area contributed by atoms with E-state index in [4.69, 9.17) is 9.47 Å². The molecule has 10 heteroatoms. The Hall–Kier alpha value is -3.37. The van der Waals surface area contributed by atoms with E-state index in [1.807, 2.05) is 44.2 Å². The number of nitrogens with zero attached hydrogens (tertiary/aromatic N) is 2. The second kappa shape index (κ2) is 11.4. The largest absolute Gasteiger partial charge is 0.493 e. The number of halogens is 1. The van der Waals surface area contributed by atoms with Crippen molar-refractivity contribution in [2.45, 2.75) is 18.7 Å². The van der Waals surface area contributed by atoms with Crippen molar-refractivity contribution in [2.75, 3.05) is 25.1 Å². The van der Waals surface area contributed by atoms with Crippen LogP contribution in [0.5, 0.6) is 11.5 Å². The molecule has 0 aliphatic rings. The number of sulfonamides is 1. The van der Waals surface area contributed by atoms with Gasteiger partial charge in [0.15, 0.2) is 11.5 Å². The molecular formula is C25H26BrN3O5S. The van der Waals surface area contributed by atoms with Crippen molar-refractivity contribution in [3.8, 4) is 11.5 Å². The summed E-state index contributed by atoms with van der Waals surface area (Å²) in [6, 6.07) is 17.0. The Balaban J connectivity index is 1.95. The number of ether oxygens (including phenoxy) is 2. The van der Waals surface area contributed by atoms with Crippen LogP contribution >= 0.6 is 15.9 Å². The fraction of sp³-hybridized carbons (Fsp3) is 0.200. The van der Waals surface area contributed by atoms with Crippen molar-refractivity contribution < 1.29 is 22.7 Å². The van der Waals surface area contributed by atoms with Gasteiger partial charge in [0.25, 0.3) is 15.9 Å². The molecular weight excluding hydrogens is 534 g/mol. The molecule has 0 radical (unpaired) electrons. The standard InChI is InChI=1S/C25H26BrN3O5S/c1-17-11-18(2)13-20(12-17)29(16-25(30)28-27-15-19-7-5-6-8-22(19)26)35(31,32)21-9-10-23(33-3)24(14-21)34-4/h5-15H,16H2,1-4H3,(H,28,30)/b27-15-. The maximum atomic E-state index is 13.7. The zero-order chi connectivity index (χ0) is 25.6. The number of hydrogen-bond acceptors (Lipinski definition) is 6. The van der Waals surface area contributed by atoms with Gasteiger partial charge in [-0.25, -0.2) is 13.8 Å². The maximum Gasteiger partial charge on any atom is 0.264 e. The van der Waals surface area contributed by atoms with E-state index >= 15 is 0 Å². The van der Waals surface area contributed by atoms with Crippen LogP contribution in [0.3, 0.4) is 0 Å². The third-order valence-electron chi connectivity index (χ3n) is 5.02. The van der Waals surface area contributed by atoms with Crippen molar-refractivity contribution in [3.05, 3.63) is 81.8 Å². The highest BCUT2D eigenvalue weighted by atomic mass is 79.9. The van der Waals surface area contributed by atoms with E-state index < -0.39 is 22.5 Å². The van der Waals surface area contributed by atoms with Crippen LogP contribution in [0.15, 0.2) is 75.1 Å². The summed E-state index contributed by atoms with van der Waals surface area (Å²) in [5.74, 6) is 0.0523. The monoisotopic (exact) mass is 559 g/mol. The van der Waals surface area contributed by atoms with Crippen LogP contribution in [0, 0.1) is 13.8 Å². The molecule has 0 bridgehead atoms. The quantitative estimate of drug-likeness (QED) is 0.309. The highest BCUT2D eigenvalue weighted by Gasteiger charge is 2.28. The summed E-state index contributed by atoms with van der Waals surface area (Å²) in [5, 5.41) is 3.98. The smallest absolute Gasteiger partial charge is 0.264 e. The number of benzene rings is 3. The molecule has 0 saturated heterocycles. The number of carbonyl (C=O) groups is 1. The Morgan fingerprint density at radius 1 is 1.00 bits per heavy atom. The highest BCUT2D eigenvalue weighted by Crippen LogP contribution is 2.32. The van der Waals surface area contributed by atoms with E-state index in [0.717, 1.165) is 25.5 Å². The molecule has 0 saturated carbocycles. The zero-order valence-electron chi connectivity index (χ0n) is 19.8. The Kier molecular flexibility index (Phi) is 8.52. The van der Waals surface area contributed by atoms with Crippen LogP contribution in [-0.2, 0) is 14.8 Å². The fourth-order valence-corrected chi connectivity index (χ4v) is 5.24. The van der Waals surface area contributed by atoms with Gasteiger partial charge >= 0.3 is 0 Å². The topological polar surface area (TPSA) is 97.3 Å². The number of methoxy groups -OCH3 is 2. The third-order valence-corrected chi connectivity index (χ3v) is 7.51. The van der Waals surface area contributed by atoms with Crippen molar-refractivity contribution in [2.24, 2.45) is 5.10 Å².